The van der Waals surface area contributed by atoms with Gasteiger partial charge in [0.05, 0.1) is 6.61 Å². The van der Waals surface area contributed by atoms with Gasteiger partial charge in [0, 0.05) is 16.9 Å². The first-order valence-corrected chi connectivity index (χ1v) is 7.02. The lowest BCUT2D eigenvalue weighted by Crippen LogP contribution is -2.18. The molecule has 6 heteroatoms. The number of ketones is 1. The number of carbonyl (C=O) groups excluding carboxylic acids is 1. The van der Waals surface area contributed by atoms with Crippen LogP contribution in [0.2, 0.25) is 0 Å². The van der Waals surface area contributed by atoms with Crippen LogP contribution in [0.3, 0.4) is 0 Å². The summed E-state index contributed by atoms with van der Waals surface area (Å²) in [7, 11) is 0. The maximum Gasteiger partial charge on any atom is 0.339 e. The minimum absolute atomic E-state index is 0.198. The first-order valence-electron chi connectivity index (χ1n) is 6.22. The fraction of sp³-hybridized carbons (Fsp3) is 0.357. The number of aliphatic carboxylic acids is 1. The number of pyridine rings is 1. The molecule has 1 aromatic heterocycles. The molecule has 0 radical (unpaired) electrons. The van der Waals surface area contributed by atoms with Crippen LogP contribution in [0.15, 0.2) is 28.5 Å². The number of aromatic nitrogens is 1. The van der Waals surface area contributed by atoms with Crippen molar-refractivity contribution in [3.8, 4) is 0 Å². The Morgan fingerprint density at radius 1 is 1.45 bits per heavy atom. The van der Waals surface area contributed by atoms with Crippen molar-refractivity contribution < 1.29 is 19.4 Å². The van der Waals surface area contributed by atoms with E-state index in [1.807, 2.05) is 0 Å². The van der Waals surface area contributed by atoms with E-state index in [2.05, 4.69) is 20.9 Å². The highest BCUT2D eigenvalue weighted by atomic mass is 79.9. The smallest absolute Gasteiger partial charge is 0.339 e. The van der Waals surface area contributed by atoms with Gasteiger partial charge >= 0.3 is 5.97 Å². The predicted octanol–water partition coefficient (Wildman–Crippen LogP) is 2.31. The summed E-state index contributed by atoms with van der Waals surface area (Å²) in [6, 6.07) is 1.69. The molecule has 20 heavy (non-hydrogen) atoms. The molecule has 106 valence electrons. The summed E-state index contributed by atoms with van der Waals surface area (Å²) in [5.41, 5.74) is 0.257. The second kappa shape index (κ2) is 6.76. The van der Waals surface area contributed by atoms with Crippen LogP contribution in [0.25, 0.3) is 6.08 Å². The Morgan fingerprint density at radius 2 is 2.20 bits per heavy atom. The monoisotopic (exact) mass is 339 g/mol. The zero-order chi connectivity index (χ0) is 14.5. The molecule has 1 fully saturated rings. The Morgan fingerprint density at radius 3 is 2.80 bits per heavy atom. The van der Waals surface area contributed by atoms with E-state index in [9.17, 15) is 9.59 Å². The summed E-state index contributed by atoms with van der Waals surface area (Å²) >= 11 is 3.24. The van der Waals surface area contributed by atoms with Crippen molar-refractivity contribution in [3.63, 3.8) is 0 Å². The van der Waals surface area contributed by atoms with Crippen LogP contribution in [0, 0.1) is 5.92 Å². The molecule has 1 saturated carbocycles. The van der Waals surface area contributed by atoms with Gasteiger partial charge < -0.3 is 9.84 Å². The van der Waals surface area contributed by atoms with Gasteiger partial charge in [0.2, 0.25) is 0 Å². The van der Waals surface area contributed by atoms with Crippen molar-refractivity contribution in [2.24, 2.45) is 5.92 Å². The summed E-state index contributed by atoms with van der Waals surface area (Å²) in [4.78, 5) is 27.0. The van der Waals surface area contributed by atoms with Gasteiger partial charge in [0.1, 0.15) is 12.2 Å². The van der Waals surface area contributed by atoms with Crippen LogP contribution in [0.5, 0.6) is 0 Å². The largest absolute Gasteiger partial charge is 0.478 e. The third-order valence-corrected chi connectivity index (χ3v) is 3.29. The molecule has 5 nitrogen and oxygen atoms in total. The third-order valence-electron chi connectivity index (χ3n) is 2.85. The van der Waals surface area contributed by atoms with E-state index in [0.717, 1.165) is 12.8 Å². The van der Waals surface area contributed by atoms with Crippen molar-refractivity contribution >= 4 is 33.8 Å². The lowest BCUT2D eigenvalue weighted by molar-refractivity contribution is -0.135. The Hall–Kier alpha value is -1.53. The molecule has 0 unspecified atom stereocenters. The molecule has 0 aromatic carbocycles. The van der Waals surface area contributed by atoms with Crippen LogP contribution in [0.4, 0.5) is 0 Å². The minimum atomic E-state index is -1.26. The summed E-state index contributed by atoms with van der Waals surface area (Å²) in [6.45, 7) is 0.327. The Balaban J connectivity index is 2.04. The Kier molecular flexibility index (Phi) is 5.03. The molecule has 0 saturated heterocycles. The lowest BCUT2D eigenvalue weighted by atomic mass is 10.1. The van der Waals surface area contributed by atoms with Gasteiger partial charge in [0.15, 0.2) is 5.78 Å². The molecule has 1 aliphatic rings. The quantitative estimate of drug-likeness (QED) is 0.468. The third kappa shape index (κ3) is 4.54. The molecular formula is C14H14BrNO4. The number of carbonyl (C=O) groups is 2. The summed E-state index contributed by atoms with van der Waals surface area (Å²) < 4.78 is 5.95. The van der Waals surface area contributed by atoms with Gasteiger partial charge in [0.25, 0.3) is 0 Å². The molecule has 2 rings (SSSR count). The minimum Gasteiger partial charge on any atom is -0.478 e. The van der Waals surface area contributed by atoms with Crippen LogP contribution in [0.1, 0.15) is 18.4 Å². The number of hydrogen-bond acceptors (Lipinski definition) is 4. The van der Waals surface area contributed by atoms with Gasteiger partial charge in [-0.05, 0) is 52.4 Å². The van der Waals surface area contributed by atoms with Gasteiger partial charge in [-0.3, -0.25) is 9.78 Å². The second-order valence-electron chi connectivity index (χ2n) is 4.68. The highest BCUT2D eigenvalue weighted by Gasteiger charge is 2.23. The van der Waals surface area contributed by atoms with Crippen molar-refractivity contribution in [3.05, 3.63) is 34.1 Å². The number of nitrogens with zero attached hydrogens (tertiary/aromatic N) is 1. The standard InChI is InChI=1S/C14H14BrNO4/c15-11-3-10(5-16-6-11)4-12(14(18)19)13(17)8-20-7-9-1-2-9/h3-6,9H,1-2,7-8H2,(H,18,19). The summed E-state index contributed by atoms with van der Waals surface area (Å²) in [5, 5.41) is 9.12. The maximum atomic E-state index is 11.9. The predicted molar refractivity (Wildman–Crippen MR) is 76.1 cm³/mol. The molecule has 1 N–H and O–H groups in total. The second-order valence-corrected chi connectivity index (χ2v) is 5.60. The number of Topliss-reactive ketones (excluding diaryl/α,β-unsaturated/α-hetero) is 1. The molecular weight excluding hydrogens is 326 g/mol. The molecule has 0 bridgehead atoms. The first kappa shape index (κ1) is 14.9. The SMILES string of the molecule is O=C(O)C(=Cc1cncc(Br)c1)C(=O)COCC1CC1. The topological polar surface area (TPSA) is 76.5 Å². The Labute approximate surface area is 124 Å². The molecule has 1 aliphatic carbocycles. The summed E-state index contributed by atoms with van der Waals surface area (Å²) in [6.07, 6.45) is 6.63. The Bertz CT molecular complexity index is 552. The number of rotatable bonds is 7. The first-order chi connectivity index (χ1) is 9.56. The molecule has 0 atom stereocenters. The van der Waals surface area contributed by atoms with Gasteiger partial charge in [-0.15, -0.1) is 0 Å². The normalized spacial score (nSPS) is 15.2. The van der Waals surface area contributed by atoms with E-state index >= 15 is 0 Å². The van der Waals surface area contributed by atoms with Crippen LogP contribution < -0.4 is 0 Å². The molecule has 0 spiro atoms. The van der Waals surface area contributed by atoms with Crippen molar-refractivity contribution in [2.45, 2.75) is 12.8 Å². The molecule has 1 heterocycles. The lowest BCUT2D eigenvalue weighted by Gasteiger charge is -2.04. The van der Waals surface area contributed by atoms with Gasteiger partial charge in [-0.25, -0.2) is 4.79 Å². The van der Waals surface area contributed by atoms with E-state index in [0.29, 0.717) is 22.6 Å². The van der Waals surface area contributed by atoms with Crippen molar-refractivity contribution in [1.82, 2.24) is 4.98 Å². The highest BCUT2D eigenvalue weighted by Crippen LogP contribution is 2.28. The van der Waals surface area contributed by atoms with Crippen LogP contribution >= 0.6 is 15.9 Å². The summed E-state index contributed by atoms with van der Waals surface area (Å²) in [5.74, 6) is -1.25. The van der Waals surface area contributed by atoms with E-state index in [4.69, 9.17) is 9.84 Å². The average Bonchev–Trinajstić information content (AvgIpc) is 3.19. The van der Waals surface area contributed by atoms with E-state index in [1.165, 1.54) is 12.3 Å². The number of carboxylic acids is 1. The highest BCUT2D eigenvalue weighted by molar-refractivity contribution is 9.10. The number of ether oxygens (including phenoxy) is 1. The molecule has 0 aliphatic heterocycles. The number of halogens is 1. The zero-order valence-corrected chi connectivity index (χ0v) is 12.3. The van der Waals surface area contributed by atoms with Crippen molar-refractivity contribution in [1.29, 1.82) is 0 Å². The van der Waals surface area contributed by atoms with Crippen LogP contribution in [-0.2, 0) is 14.3 Å². The number of carboxylic acid groups (broad SMARTS) is 1. The van der Waals surface area contributed by atoms with E-state index < -0.39 is 11.8 Å². The van der Waals surface area contributed by atoms with Gasteiger partial charge in [-0.2, -0.15) is 0 Å². The fourth-order valence-electron chi connectivity index (χ4n) is 1.62. The van der Waals surface area contributed by atoms with Gasteiger partial charge in [-0.1, -0.05) is 0 Å². The zero-order valence-electron chi connectivity index (χ0n) is 10.7. The van der Waals surface area contributed by atoms with E-state index in [-0.39, 0.29) is 12.2 Å². The van der Waals surface area contributed by atoms with Crippen molar-refractivity contribution in [2.75, 3.05) is 13.2 Å². The average molecular weight is 340 g/mol. The number of hydrogen-bond donors (Lipinski definition) is 1. The van der Waals surface area contributed by atoms with E-state index in [1.54, 1.807) is 12.3 Å². The van der Waals surface area contributed by atoms with Crippen LogP contribution in [-0.4, -0.2) is 35.1 Å². The molecule has 0 amide bonds. The molecule has 1 aromatic rings. The maximum absolute atomic E-state index is 11.9. The fourth-order valence-corrected chi connectivity index (χ4v) is 2.00.